The fraction of sp³-hybridized carbons (Fsp3) is 0.619. The monoisotopic (exact) mass is 454 g/mol. The molecule has 1 saturated carbocycles. The van der Waals surface area contributed by atoms with E-state index in [1.165, 1.54) is 17.0 Å². The predicted molar refractivity (Wildman–Crippen MR) is 112 cm³/mol. The number of carbonyl (C=O) groups is 2. The lowest BCUT2D eigenvalue weighted by molar-refractivity contribution is -0.152. The molecule has 7 nitrogen and oxygen atoms in total. The molecule has 1 aromatic rings. The molecule has 1 N–H and O–H groups in total. The summed E-state index contributed by atoms with van der Waals surface area (Å²) in [7, 11) is -3.87. The summed E-state index contributed by atoms with van der Waals surface area (Å²) in [5, 5.41) is 8.88. The summed E-state index contributed by atoms with van der Waals surface area (Å²) in [5.41, 5.74) is -0.670. The lowest BCUT2D eigenvalue weighted by Gasteiger charge is -2.41. The summed E-state index contributed by atoms with van der Waals surface area (Å²) < 4.78 is 26.4. The molecule has 9 heteroatoms. The average molecular weight is 455 g/mol. The molecule has 1 amide bonds. The van der Waals surface area contributed by atoms with Gasteiger partial charge in [-0.15, -0.1) is 0 Å². The van der Waals surface area contributed by atoms with Gasteiger partial charge in [-0.1, -0.05) is 30.2 Å². The Morgan fingerprint density at radius 3 is 2.50 bits per heavy atom. The number of piperidine rings is 1. The van der Waals surface area contributed by atoms with E-state index in [9.17, 15) is 23.1 Å². The SMILES string of the molecule is CC1CCCCN1C1(C(=O)N2C[C@H](S(=O)(=O)c3ccccc3Cl)C[C@H]2C(=O)O)CC1. The minimum Gasteiger partial charge on any atom is -0.480 e. The van der Waals surface area contributed by atoms with E-state index in [0.717, 1.165) is 25.8 Å². The fourth-order valence-electron chi connectivity index (χ4n) is 5.08. The molecule has 2 aliphatic heterocycles. The topological polar surface area (TPSA) is 95.0 Å². The minimum absolute atomic E-state index is 0.0131. The van der Waals surface area contributed by atoms with Gasteiger partial charge in [-0.2, -0.15) is 0 Å². The van der Waals surface area contributed by atoms with Crippen LogP contribution < -0.4 is 0 Å². The highest BCUT2D eigenvalue weighted by atomic mass is 35.5. The molecule has 4 rings (SSSR count). The number of hydrogen-bond donors (Lipinski definition) is 1. The first-order chi connectivity index (χ1) is 14.2. The Labute approximate surface area is 181 Å². The van der Waals surface area contributed by atoms with Gasteiger partial charge in [-0.3, -0.25) is 9.69 Å². The van der Waals surface area contributed by atoms with Crippen LogP contribution in [0.1, 0.15) is 45.4 Å². The van der Waals surface area contributed by atoms with Crippen molar-refractivity contribution >= 4 is 33.3 Å². The van der Waals surface area contributed by atoms with Crippen LogP contribution in [-0.2, 0) is 19.4 Å². The van der Waals surface area contributed by atoms with Gasteiger partial charge in [-0.05, 0) is 57.7 Å². The van der Waals surface area contributed by atoms with Crippen LogP contribution in [0.2, 0.25) is 5.02 Å². The van der Waals surface area contributed by atoms with E-state index >= 15 is 0 Å². The molecule has 164 valence electrons. The van der Waals surface area contributed by atoms with Gasteiger partial charge in [0.25, 0.3) is 0 Å². The third-order valence-corrected chi connectivity index (χ3v) is 9.49. The number of sulfone groups is 1. The average Bonchev–Trinajstić information content (AvgIpc) is 3.37. The van der Waals surface area contributed by atoms with Gasteiger partial charge >= 0.3 is 5.97 Å². The van der Waals surface area contributed by atoms with Gasteiger partial charge in [-0.25, -0.2) is 13.2 Å². The molecule has 2 saturated heterocycles. The number of carboxylic acid groups (broad SMARTS) is 1. The number of amides is 1. The van der Waals surface area contributed by atoms with Crippen molar-refractivity contribution in [3.63, 3.8) is 0 Å². The van der Waals surface area contributed by atoms with Crippen LogP contribution in [0.5, 0.6) is 0 Å². The van der Waals surface area contributed by atoms with E-state index in [-0.39, 0.29) is 34.8 Å². The zero-order chi connectivity index (χ0) is 21.7. The second-order valence-electron chi connectivity index (χ2n) is 8.71. The maximum absolute atomic E-state index is 13.6. The first-order valence-corrected chi connectivity index (χ1v) is 12.4. The van der Waals surface area contributed by atoms with E-state index < -0.39 is 32.6 Å². The van der Waals surface area contributed by atoms with Gasteiger partial charge in [0.15, 0.2) is 9.84 Å². The van der Waals surface area contributed by atoms with Crippen LogP contribution in [0.25, 0.3) is 0 Å². The fourth-order valence-corrected chi connectivity index (χ4v) is 7.30. The lowest BCUT2D eigenvalue weighted by Crippen LogP contribution is -2.57. The van der Waals surface area contributed by atoms with E-state index in [2.05, 4.69) is 11.8 Å². The van der Waals surface area contributed by atoms with Crippen molar-refractivity contribution in [3.8, 4) is 0 Å². The summed E-state index contributed by atoms with van der Waals surface area (Å²) in [4.78, 5) is 29.0. The van der Waals surface area contributed by atoms with Crippen molar-refractivity contribution in [2.45, 2.75) is 73.2 Å². The number of halogens is 1. The Balaban J connectivity index is 1.61. The van der Waals surface area contributed by atoms with Crippen LogP contribution >= 0.6 is 11.6 Å². The third-order valence-electron chi connectivity index (χ3n) is 6.87. The molecule has 1 unspecified atom stereocenters. The zero-order valence-corrected chi connectivity index (χ0v) is 18.5. The molecule has 0 spiro atoms. The summed E-state index contributed by atoms with van der Waals surface area (Å²) in [6, 6.07) is 5.27. The zero-order valence-electron chi connectivity index (χ0n) is 17.0. The Morgan fingerprint density at radius 1 is 1.20 bits per heavy atom. The first kappa shape index (κ1) is 21.6. The summed E-state index contributed by atoms with van der Waals surface area (Å²) in [5.74, 6) is -1.40. The quantitative estimate of drug-likeness (QED) is 0.734. The molecule has 0 bridgehead atoms. The van der Waals surface area contributed by atoms with Crippen LogP contribution in [0, 0.1) is 0 Å². The van der Waals surface area contributed by atoms with Crippen molar-refractivity contribution < 1.29 is 23.1 Å². The molecular formula is C21H27ClN2O5S. The van der Waals surface area contributed by atoms with Gasteiger partial charge in [0.2, 0.25) is 5.91 Å². The van der Waals surface area contributed by atoms with Gasteiger partial charge in [0, 0.05) is 12.6 Å². The van der Waals surface area contributed by atoms with Crippen molar-refractivity contribution in [2.75, 3.05) is 13.1 Å². The maximum atomic E-state index is 13.6. The molecule has 30 heavy (non-hydrogen) atoms. The smallest absolute Gasteiger partial charge is 0.326 e. The Bertz CT molecular complexity index is 962. The number of carboxylic acids is 1. The highest BCUT2D eigenvalue weighted by molar-refractivity contribution is 7.92. The van der Waals surface area contributed by atoms with Crippen LogP contribution in [0.4, 0.5) is 0 Å². The van der Waals surface area contributed by atoms with Gasteiger partial charge in [0.1, 0.15) is 11.6 Å². The van der Waals surface area contributed by atoms with Crippen molar-refractivity contribution in [2.24, 2.45) is 0 Å². The Morgan fingerprint density at radius 2 is 1.90 bits per heavy atom. The van der Waals surface area contributed by atoms with Crippen molar-refractivity contribution in [1.29, 1.82) is 0 Å². The molecule has 3 aliphatic rings. The number of likely N-dealkylation sites (tertiary alicyclic amines) is 2. The largest absolute Gasteiger partial charge is 0.480 e. The molecule has 2 heterocycles. The standard InChI is InChI=1S/C21H27ClN2O5S/c1-14-6-4-5-11-24(14)21(9-10-21)20(27)23-13-15(12-17(23)19(25)26)30(28,29)18-8-3-2-7-16(18)22/h2-3,7-8,14-15,17H,4-6,9-13H2,1H3,(H,25,26)/t14?,15-,17+/m1/s1. The van der Waals surface area contributed by atoms with E-state index in [0.29, 0.717) is 12.8 Å². The normalized spacial score (nSPS) is 29.0. The van der Waals surface area contributed by atoms with E-state index in [1.807, 2.05) is 0 Å². The highest BCUT2D eigenvalue weighted by Gasteiger charge is 2.60. The molecule has 3 fully saturated rings. The molecule has 1 aromatic carbocycles. The lowest BCUT2D eigenvalue weighted by atomic mass is 9.99. The molecular weight excluding hydrogens is 428 g/mol. The Kier molecular flexibility index (Phi) is 5.61. The van der Waals surface area contributed by atoms with Crippen LogP contribution in [-0.4, -0.2) is 71.2 Å². The number of carbonyl (C=O) groups excluding carboxylic acids is 1. The number of hydrogen-bond acceptors (Lipinski definition) is 5. The van der Waals surface area contributed by atoms with Gasteiger partial charge < -0.3 is 10.0 Å². The minimum atomic E-state index is -3.87. The van der Waals surface area contributed by atoms with Crippen molar-refractivity contribution in [1.82, 2.24) is 9.80 Å². The van der Waals surface area contributed by atoms with Gasteiger partial charge in [0.05, 0.1) is 15.2 Å². The van der Waals surface area contributed by atoms with E-state index in [4.69, 9.17) is 11.6 Å². The Hall–Kier alpha value is -1.64. The molecule has 0 radical (unpaired) electrons. The number of rotatable bonds is 5. The second kappa shape index (κ2) is 7.80. The number of benzene rings is 1. The van der Waals surface area contributed by atoms with E-state index in [1.54, 1.807) is 12.1 Å². The molecule has 1 aliphatic carbocycles. The van der Waals surface area contributed by atoms with Crippen molar-refractivity contribution in [3.05, 3.63) is 29.3 Å². The summed E-state index contributed by atoms with van der Waals surface area (Å²) >= 11 is 6.10. The summed E-state index contributed by atoms with van der Waals surface area (Å²) in [6.45, 7) is 2.81. The number of nitrogens with zero attached hydrogens (tertiary/aromatic N) is 2. The van der Waals surface area contributed by atoms with Crippen LogP contribution in [0.3, 0.4) is 0 Å². The molecule has 0 aromatic heterocycles. The maximum Gasteiger partial charge on any atom is 0.326 e. The predicted octanol–water partition coefficient (Wildman–Crippen LogP) is 2.57. The molecule has 3 atom stereocenters. The van der Waals surface area contributed by atoms with Crippen LogP contribution in [0.15, 0.2) is 29.2 Å². The second-order valence-corrected chi connectivity index (χ2v) is 11.3. The summed E-state index contributed by atoms with van der Waals surface area (Å²) in [6.07, 6.45) is 4.43. The third kappa shape index (κ3) is 3.52. The highest BCUT2D eigenvalue weighted by Crippen LogP contribution is 2.47. The number of aliphatic carboxylic acids is 1. The first-order valence-electron chi connectivity index (χ1n) is 10.5.